The van der Waals surface area contributed by atoms with Crippen molar-refractivity contribution in [3.8, 4) is 0 Å². The summed E-state index contributed by atoms with van der Waals surface area (Å²) in [4.78, 5) is 21.7. The molecule has 0 saturated heterocycles. The van der Waals surface area contributed by atoms with E-state index in [4.69, 9.17) is 9.84 Å². The maximum Gasteiger partial charge on any atom is 0.422 e. The molecule has 0 bridgehead atoms. The Bertz CT molecular complexity index is 397. The maximum atomic E-state index is 12.1. The van der Waals surface area contributed by atoms with Crippen LogP contribution in [0.3, 0.4) is 0 Å². The number of hydrogen-bond donors (Lipinski definition) is 1. The lowest BCUT2D eigenvalue weighted by atomic mass is 9.87. The van der Waals surface area contributed by atoms with E-state index in [2.05, 4.69) is 11.3 Å². The van der Waals surface area contributed by atoms with Gasteiger partial charge in [0.25, 0.3) is 0 Å². The Labute approximate surface area is 119 Å². The molecule has 1 saturated carbocycles. The highest BCUT2D eigenvalue weighted by molar-refractivity contribution is 5.89. The largest absolute Gasteiger partial charge is 0.481 e. The zero-order valence-corrected chi connectivity index (χ0v) is 11.3. The number of aliphatic carboxylic acids is 1. The first kappa shape index (κ1) is 17.5. The van der Waals surface area contributed by atoms with E-state index in [1.807, 2.05) is 0 Å². The second-order valence-electron chi connectivity index (χ2n) is 4.79. The summed E-state index contributed by atoms with van der Waals surface area (Å²) < 4.78 is 46.1. The van der Waals surface area contributed by atoms with Crippen LogP contribution >= 0.6 is 0 Å². The summed E-state index contributed by atoms with van der Waals surface area (Å²) in [7, 11) is 0. The van der Waals surface area contributed by atoms with E-state index in [0.29, 0.717) is 25.7 Å². The molecule has 0 unspecified atom stereocenters. The van der Waals surface area contributed by atoms with Crippen LogP contribution < -0.4 is 0 Å². The average molecular weight is 310 g/mol. The summed E-state index contributed by atoms with van der Waals surface area (Å²) in [5.74, 6) is -2.70. The van der Waals surface area contributed by atoms with E-state index in [0.717, 1.165) is 0 Å². The van der Waals surface area contributed by atoms with Crippen LogP contribution in [0.15, 0.2) is 12.2 Å². The fourth-order valence-electron chi connectivity index (χ4n) is 2.03. The quantitative estimate of drug-likeness (QED) is 0.463. The summed E-state index contributed by atoms with van der Waals surface area (Å²) >= 11 is 0. The fourth-order valence-corrected chi connectivity index (χ4v) is 2.03. The molecule has 0 aromatic carbocycles. The molecule has 0 atom stereocenters. The molecule has 0 aromatic heterocycles. The number of ether oxygens (including phenoxy) is 2. The molecular formula is C13H17F3O5. The van der Waals surface area contributed by atoms with E-state index in [9.17, 15) is 22.8 Å². The molecule has 8 heteroatoms. The van der Waals surface area contributed by atoms with Crippen molar-refractivity contribution in [1.29, 1.82) is 0 Å². The third-order valence-corrected chi connectivity index (χ3v) is 3.28. The standard InChI is InChI=1S/C13H17F3O5/c1-8(13(14,15)16)12(19)21-7-6-20-10-4-2-9(3-5-10)11(17)18/h9-10H,1-7H2,(H,17,18). The third-order valence-electron chi connectivity index (χ3n) is 3.28. The predicted molar refractivity (Wildman–Crippen MR) is 65.5 cm³/mol. The van der Waals surface area contributed by atoms with Gasteiger partial charge in [0.1, 0.15) is 12.2 Å². The van der Waals surface area contributed by atoms with Crippen LogP contribution in [0.2, 0.25) is 0 Å². The number of esters is 1. The van der Waals surface area contributed by atoms with Gasteiger partial charge in [0, 0.05) is 0 Å². The smallest absolute Gasteiger partial charge is 0.422 e. The highest BCUT2D eigenvalue weighted by Gasteiger charge is 2.37. The Morgan fingerprint density at radius 2 is 1.71 bits per heavy atom. The molecule has 1 N–H and O–H groups in total. The summed E-state index contributed by atoms with van der Waals surface area (Å²) in [5, 5.41) is 8.82. The van der Waals surface area contributed by atoms with Gasteiger partial charge in [-0.3, -0.25) is 4.79 Å². The summed E-state index contributed by atoms with van der Waals surface area (Å²) in [6, 6.07) is 0. The number of carboxylic acids is 1. The molecule has 1 rings (SSSR count). The van der Waals surface area contributed by atoms with Crippen LogP contribution in [0.1, 0.15) is 25.7 Å². The van der Waals surface area contributed by atoms with E-state index in [1.54, 1.807) is 0 Å². The van der Waals surface area contributed by atoms with Crippen LogP contribution in [-0.4, -0.2) is 42.5 Å². The zero-order valence-electron chi connectivity index (χ0n) is 11.3. The molecule has 0 aromatic rings. The van der Waals surface area contributed by atoms with Gasteiger partial charge in [-0.2, -0.15) is 13.2 Å². The number of carbonyl (C=O) groups is 2. The van der Waals surface area contributed by atoms with Crippen molar-refractivity contribution in [2.45, 2.75) is 38.0 Å². The minimum absolute atomic E-state index is 0.0285. The molecule has 1 fully saturated rings. The normalized spacial score (nSPS) is 22.6. The SMILES string of the molecule is C=C(C(=O)OCCOC1CCC(C(=O)O)CC1)C(F)(F)F. The van der Waals surface area contributed by atoms with Gasteiger partial charge < -0.3 is 14.6 Å². The molecule has 1 aliphatic rings. The third kappa shape index (κ3) is 5.74. The van der Waals surface area contributed by atoms with Crippen molar-refractivity contribution in [1.82, 2.24) is 0 Å². The van der Waals surface area contributed by atoms with E-state index >= 15 is 0 Å². The molecule has 120 valence electrons. The number of halogens is 3. The number of alkyl halides is 3. The first-order chi connectivity index (χ1) is 9.71. The molecule has 0 aliphatic heterocycles. The van der Waals surface area contributed by atoms with Crippen molar-refractivity contribution < 1.29 is 37.3 Å². The predicted octanol–water partition coefficient (Wildman–Crippen LogP) is 2.31. The Hall–Kier alpha value is -1.57. The Morgan fingerprint density at radius 1 is 1.14 bits per heavy atom. The van der Waals surface area contributed by atoms with Crippen molar-refractivity contribution in [3.63, 3.8) is 0 Å². The average Bonchev–Trinajstić information content (AvgIpc) is 2.42. The van der Waals surface area contributed by atoms with E-state index in [1.165, 1.54) is 0 Å². The van der Waals surface area contributed by atoms with Gasteiger partial charge in [0.2, 0.25) is 0 Å². The molecule has 5 nitrogen and oxygen atoms in total. The molecule has 0 spiro atoms. The van der Waals surface area contributed by atoms with Crippen LogP contribution in [-0.2, 0) is 19.1 Å². The van der Waals surface area contributed by atoms with Gasteiger partial charge in [-0.05, 0) is 25.7 Å². The highest BCUT2D eigenvalue weighted by atomic mass is 19.4. The number of carbonyl (C=O) groups excluding carboxylic acids is 1. The zero-order chi connectivity index (χ0) is 16.0. The maximum absolute atomic E-state index is 12.1. The van der Waals surface area contributed by atoms with Crippen LogP contribution in [0.25, 0.3) is 0 Å². The monoisotopic (exact) mass is 310 g/mol. The fraction of sp³-hybridized carbons (Fsp3) is 0.692. The lowest BCUT2D eigenvalue weighted by molar-refractivity contribution is -0.153. The number of carboxylic acid groups (broad SMARTS) is 1. The second kappa shape index (κ2) is 7.44. The van der Waals surface area contributed by atoms with Crippen molar-refractivity contribution in [2.24, 2.45) is 5.92 Å². The van der Waals surface area contributed by atoms with Crippen LogP contribution in [0.5, 0.6) is 0 Å². The molecule has 21 heavy (non-hydrogen) atoms. The van der Waals surface area contributed by atoms with Gasteiger partial charge in [0.15, 0.2) is 0 Å². The highest BCUT2D eigenvalue weighted by Crippen LogP contribution is 2.26. The number of rotatable bonds is 6. The molecule has 0 heterocycles. The minimum Gasteiger partial charge on any atom is -0.481 e. The topological polar surface area (TPSA) is 72.8 Å². The van der Waals surface area contributed by atoms with Gasteiger partial charge >= 0.3 is 18.1 Å². The van der Waals surface area contributed by atoms with Crippen LogP contribution in [0, 0.1) is 5.92 Å². The van der Waals surface area contributed by atoms with Crippen molar-refractivity contribution >= 4 is 11.9 Å². The lowest BCUT2D eigenvalue weighted by Crippen LogP contribution is -2.27. The molecule has 1 aliphatic carbocycles. The number of hydrogen-bond acceptors (Lipinski definition) is 4. The van der Waals surface area contributed by atoms with Crippen molar-refractivity contribution in [2.75, 3.05) is 13.2 Å². The molecular weight excluding hydrogens is 293 g/mol. The molecule has 0 radical (unpaired) electrons. The first-order valence-electron chi connectivity index (χ1n) is 6.49. The second-order valence-corrected chi connectivity index (χ2v) is 4.79. The Balaban J connectivity index is 2.17. The van der Waals surface area contributed by atoms with Gasteiger partial charge in [0.05, 0.1) is 18.6 Å². The van der Waals surface area contributed by atoms with Crippen molar-refractivity contribution in [3.05, 3.63) is 12.2 Å². The summed E-state index contributed by atoms with van der Waals surface area (Å²) in [6.45, 7) is 2.30. The van der Waals surface area contributed by atoms with Gasteiger partial charge in [-0.15, -0.1) is 0 Å². The van der Waals surface area contributed by atoms with Gasteiger partial charge in [-0.25, -0.2) is 4.79 Å². The Kier molecular flexibility index (Phi) is 6.19. The molecule has 0 amide bonds. The Morgan fingerprint density at radius 3 is 2.19 bits per heavy atom. The van der Waals surface area contributed by atoms with Gasteiger partial charge in [-0.1, -0.05) is 6.58 Å². The first-order valence-corrected chi connectivity index (χ1v) is 6.49. The van der Waals surface area contributed by atoms with E-state index < -0.39 is 23.7 Å². The summed E-state index contributed by atoms with van der Waals surface area (Å²) in [6.07, 6.45) is -2.80. The lowest BCUT2D eigenvalue weighted by Gasteiger charge is -2.26. The summed E-state index contributed by atoms with van der Waals surface area (Å²) in [5.41, 5.74) is -1.55. The minimum atomic E-state index is -4.80. The van der Waals surface area contributed by atoms with E-state index in [-0.39, 0.29) is 25.2 Å². The van der Waals surface area contributed by atoms with Crippen LogP contribution in [0.4, 0.5) is 13.2 Å².